The zero-order valence-corrected chi connectivity index (χ0v) is 13.7. The van der Waals surface area contributed by atoms with E-state index in [4.69, 9.17) is 9.39 Å². The van der Waals surface area contributed by atoms with Gasteiger partial charge in [0.1, 0.15) is 5.82 Å². The van der Waals surface area contributed by atoms with E-state index in [2.05, 4.69) is 9.88 Å². The second-order valence-electron chi connectivity index (χ2n) is 6.56. The topological polar surface area (TPSA) is 75.0 Å². The SMILES string of the molecule is CC(C)(O)C(C)(C)OB(O)c1cccnc1N1CCOCC1. The van der Waals surface area contributed by atoms with Crippen LogP contribution in [0.25, 0.3) is 0 Å². The Kier molecular flexibility index (Phi) is 5.12. The van der Waals surface area contributed by atoms with Crippen LogP contribution in [0, 0.1) is 0 Å². The molecule has 0 radical (unpaired) electrons. The third-order valence-electron chi connectivity index (χ3n) is 4.27. The van der Waals surface area contributed by atoms with Crippen molar-refractivity contribution in [2.75, 3.05) is 31.2 Å². The summed E-state index contributed by atoms with van der Waals surface area (Å²) in [5.41, 5.74) is -1.40. The molecule has 2 rings (SSSR count). The molecule has 1 aromatic heterocycles. The number of aliphatic hydroxyl groups is 1. The molecular formula is C15H25BN2O4. The Bertz CT molecular complexity index is 499. The van der Waals surface area contributed by atoms with Gasteiger partial charge in [-0.3, -0.25) is 0 Å². The fourth-order valence-electron chi connectivity index (χ4n) is 2.13. The third-order valence-corrected chi connectivity index (χ3v) is 4.27. The maximum absolute atomic E-state index is 10.5. The molecule has 22 heavy (non-hydrogen) atoms. The highest BCUT2D eigenvalue weighted by Gasteiger charge is 2.40. The Labute approximate surface area is 132 Å². The molecule has 7 heteroatoms. The summed E-state index contributed by atoms with van der Waals surface area (Å²) in [6, 6.07) is 3.56. The molecule has 2 heterocycles. The molecule has 0 saturated carbocycles. The van der Waals surface area contributed by atoms with Crippen LogP contribution in [0.1, 0.15) is 27.7 Å². The first-order valence-electron chi connectivity index (χ1n) is 7.58. The predicted molar refractivity (Wildman–Crippen MR) is 86.3 cm³/mol. The van der Waals surface area contributed by atoms with Crippen molar-refractivity contribution in [1.29, 1.82) is 0 Å². The Morgan fingerprint density at radius 3 is 2.50 bits per heavy atom. The van der Waals surface area contributed by atoms with E-state index in [1.54, 1.807) is 46.0 Å². The zero-order chi connectivity index (χ0) is 16.4. The van der Waals surface area contributed by atoms with E-state index in [-0.39, 0.29) is 0 Å². The van der Waals surface area contributed by atoms with E-state index in [0.29, 0.717) is 24.5 Å². The van der Waals surface area contributed by atoms with Gasteiger partial charge in [0.2, 0.25) is 0 Å². The van der Waals surface area contributed by atoms with Crippen LogP contribution in [0.3, 0.4) is 0 Å². The van der Waals surface area contributed by atoms with Gasteiger partial charge in [-0.2, -0.15) is 0 Å². The number of hydrogen-bond donors (Lipinski definition) is 2. The Morgan fingerprint density at radius 1 is 1.27 bits per heavy atom. The number of aromatic nitrogens is 1. The molecule has 1 saturated heterocycles. The monoisotopic (exact) mass is 308 g/mol. The van der Waals surface area contributed by atoms with E-state index in [1.807, 2.05) is 0 Å². The molecule has 0 amide bonds. The Balaban J connectivity index is 2.21. The highest BCUT2D eigenvalue weighted by atomic mass is 16.5. The molecule has 1 aliphatic rings. The molecule has 1 aliphatic heterocycles. The summed E-state index contributed by atoms with van der Waals surface area (Å²) in [4.78, 5) is 6.46. The van der Waals surface area contributed by atoms with Gasteiger partial charge < -0.3 is 24.4 Å². The highest BCUT2D eigenvalue weighted by molar-refractivity contribution is 6.61. The van der Waals surface area contributed by atoms with Crippen molar-refractivity contribution in [3.63, 3.8) is 0 Å². The lowest BCUT2D eigenvalue weighted by Crippen LogP contribution is -2.54. The van der Waals surface area contributed by atoms with E-state index >= 15 is 0 Å². The summed E-state index contributed by atoms with van der Waals surface area (Å²) in [5.74, 6) is 0.699. The number of nitrogens with zero attached hydrogens (tertiary/aromatic N) is 2. The van der Waals surface area contributed by atoms with Crippen LogP contribution in [0.5, 0.6) is 0 Å². The molecular weight excluding hydrogens is 283 g/mol. The summed E-state index contributed by atoms with van der Waals surface area (Å²) in [6.45, 7) is 9.56. The smallest absolute Gasteiger partial charge is 0.423 e. The van der Waals surface area contributed by atoms with Crippen molar-refractivity contribution >= 4 is 18.4 Å². The molecule has 0 unspecified atom stereocenters. The largest absolute Gasteiger partial charge is 0.495 e. The molecule has 0 aromatic carbocycles. The van der Waals surface area contributed by atoms with Gasteiger partial charge in [0.15, 0.2) is 0 Å². The van der Waals surface area contributed by atoms with Gasteiger partial charge in [-0.05, 0) is 33.8 Å². The van der Waals surface area contributed by atoms with Crippen molar-refractivity contribution in [3.05, 3.63) is 18.3 Å². The molecule has 0 spiro atoms. The lowest BCUT2D eigenvalue weighted by atomic mass is 9.76. The maximum Gasteiger partial charge on any atom is 0.495 e. The third kappa shape index (κ3) is 3.78. The molecule has 0 atom stereocenters. The Hall–Kier alpha value is -1.15. The minimum absolute atomic E-state index is 0.599. The van der Waals surface area contributed by atoms with Crippen LogP contribution >= 0.6 is 0 Å². The lowest BCUT2D eigenvalue weighted by molar-refractivity contribution is -0.0982. The minimum Gasteiger partial charge on any atom is -0.423 e. The predicted octanol–water partition coefficient (Wildman–Crippen LogP) is 0.172. The van der Waals surface area contributed by atoms with Crippen molar-refractivity contribution in [3.8, 4) is 0 Å². The fraction of sp³-hybridized carbons (Fsp3) is 0.667. The van der Waals surface area contributed by atoms with E-state index in [9.17, 15) is 10.1 Å². The average Bonchev–Trinajstić information content (AvgIpc) is 2.46. The molecule has 122 valence electrons. The van der Waals surface area contributed by atoms with E-state index in [0.717, 1.165) is 13.1 Å². The van der Waals surface area contributed by atoms with Crippen LogP contribution in [-0.2, 0) is 9.39 Å². The van der Waals surface area contributed by atoms with Crippen molar-refractivity contribution in [2.24, 2.45) is 0 Å². The summed E-state index contributed by atoms with van der Waals surface area (Å²) < 4.78 is 11.1. The number of anilines is 1. The number of hydrogen-bond acceptors (Lipinski definition) is 6. The van der Waals surface area contributed by atoms with Crippen molar-refractivity contribution < 1.29 is 19.5 Å². The minimum atomic E-state index is -1.16. The van der Waals surface area contributed by atoms with Crippen LogP contribution in [-0.4, -0.2) is 59.7 Å². The van der Waals surface area contributed by atoms with Gasteiger partial charge >= 0.3 is 7.12 Å². The number of pyridine rings is 1. The summed E-state index contributed by atoms with van der Waals surface area (Å²) >= 11 is 0. The van der Waals surface area contributed by atoms with Crippen molar-refractivity contribution in [1.82, 2.24) is 4.98 Å². The van der Waals surface area contributed by atoms with Gasteiger partial charge in [-0.15, -0.1) is 0 Å². The average molecular weight is 308 g/mol. The zero-order valence-electron chi connectivity index (χ0n) is 13.7. The van der Waals surface area contributed by atoms with Crippen LogP contribution in [0.15, 0.2) is 18.3 Å². The molecule has 0 bridgehead atoms. The van der Waals surface area contributed by atoms with Crippen molar-refractivity contribution in [2.45, 2.75) is 38.9 Å². The van der Waals surface area contributed by atoms with Crippen LogP contribution < -0.4 is 10.4 Å². The van der Waals surface area contributed by atoms with Crippen LogP contribution in [0.2, 0.25) is 0 Å². The Morgan fingerprint density at radius 2 is 1.91 bits per heavy atom. The van der Waals surface area contributed by atoms with Gasteiger partial charge in [0, 0.05) is 24.7 Å². The lowest BCUT2D eigenvalue weighted by Gasteiger charge is -2.39. The summed E-state index contributed by atoms with van der Waals surface area (Å²) in [5, 5.41) is 20.7. The molecule has 0 aliphatic carbocycles. The number of rotatable bonds is 5. The summed E-state index contributed by atoms with van der Waals surface area (Å²) in [6.07, 6.45) is 1.70. The van der Waals surface area contributed by atoms with Gasteiger partial charge in [0.25, 0.3) is 0 Å². The van der Waals surface area contributed by atoms with Gasteiger partial charge in [-0.1, -0.05) is 6.07 Å². The van der Waals surface area contributed by atoms with E-state index in [1.165, 1.54) is 0 Å². The van der Waals surface area contributed by atoms with Gasteiger partial charge in [-0.25, -0.2) is 4.98 Å². The van der Waals surface area contributed by atoms with Crippen LogP contribution in [0.4, 0.5) is 5.82 Å². The molecule has 1 aromatic rings. The van der Waals surface area contributed by atoms with E-state index < -0.39 is 18.3 Å². The summed E-state index contributed by atoms with van der Waals surface area (Å²) in [7, 11) is -1.16. The first kappa shape index (κ1) is 17.2. The maximum atomic E-state index is 10.5. The second kappa shape index (κ2) is 6.54. The first-order valence-corrected chi connectivity index (χ1v) is 7.58. The molecule has 2 N–H and O–H groups in total. The number of morpholine rings is 1. The number of ether oxygens (including phenoxy) is 1. The first-order chi connectivity index (χ1) is 10.2. The standard InChI is InChI=1S/C15H25BN2O4/c1-14(2,19)15(3,4)22-16(20)12-6-5-7-17-13(12)18-8-10-21-11-9-18/h5-7,19-20H,8-11H2,1-4H3. The fourth-order valence-corrected chi connectivity index (χ4v) is 2.13. The molecule has 1 fully saturated rings. The van der Waals surface area contributed by atoms with Gasteiger partial charge in [0.05, 0.1) is 24.4 Å². The normalized spacial score (nSPS) is 16.7. The molecule has 6 nitrogen and oxygen atoms in total. The second-order valence-corrected chi connectivity index (χ2v) is 6.56. The quantitative estimate of drug-likeness (QED) is 0.756. The highest BCUT2D eigenvalue weighted by Crippen LogP contribution is 2.25.